The summed E-state index contributed by atoms with van der Waals surface area (Å²) in [5.74, 6) is -0.105. The number of unbranched alkanes of at least 4 members (excludes halogenated alkanes) is 2. The van der Waals surface area contributed by atoms with Gasteiger partial charge in [0, 0.05) is 13.1 Å². The zero-order valence-electron chi connectivity index (χ0n) is 13.9. The smallest absolute Gasteiger partial charge is 0.269 e. The number of benzene rings is 1. The molecule has 1 aromatic heterocycles. The number of hydrogen-bond acceptors (Lipinski definition) is 3. The van der Waals surface area contributed by atoms with Gasteiger partial charge in [0.05, 0.1) is 11.9 Å². The molecular weight excluding hydrogens is 286 g/mol. The largest absolute Gasteiger partial charge is 0.380 e. The van der Waals surface area contributed by atoms with Crippen LogP contribution in [0.15, 0.2) is 42.6 Å². The predicted octanol–water partition coefficient (Wildman–Crippen LogP) is 3.92. The van der Waals surface area contributed by atoms with Gasteiger partial charge in [-0.2, -0.15) is 0 Å². The van der Waals surface area contributed by atoms with Gasteiger partial charge in [0.1, 0.15) is 5.69 Å². The highest BCUT2D eigenvalue weighted by molar-refractivity contribution is 5.92. The second-order valence-electron chi connectivity index (χ2n) is 5.73. The van der Waals surface area contributed by atoms with Gasteiger partial charge in [-0.1, -0.05) is 49.6 Å². The molecule has 2 aromatic rings. The summed E-state index contributed by atoms with van der Waals surface area (Å²) in [7, 11) is 0. The average Bonchev–Trinajstić information content (AvgIpc) is 2.58. The Bertz CT molecular complexity index is 606. The Labute approximate surface area is 138 Å². The molecule has 0 aliphatic carbocycles. The van der Waals surface area contributed by atoms with Crippen LogP contribution >= 0.6 is 0 Å². The molecule has 0 saturated carbocycles. The summed E-state index contributed by atoms with van der Waals surface area (Å²) in [5, 5.41) is 6.21. The summed E-state index contributed by atoms with van der Waals surface area (Å²) in [4.78, 5) is 16.2. The molecule has 2 N–H and O–H groups in total. The molecule has 1 aromatic carbocycles. The maximum Gasteiger partial charge on any atom is 0.269 e. The van der Waals surface area contributed by atoms with Gasteiger partial charge in [0.2, 0.25) is 0 Å². The van der Waals surface area contributed by atoms with Crippen LogP contribution in [0.2, 0.25) is 0 Å². The third-order valence-electron chi connectivity index (χ3n) is 3.68. The van der Waals surface area contributed by atoms with Gasteiger partial charge in [-0.25, -0.2) is 4.98 Å². The summed E-state index contributed by atoms with van der Waals surface area (Å²) in [6.45, 7) is 5.67. The molecule has 1 heterocycles. The number of rotatable bonds is 8. The van der Waals surface area contributed by atoms with Crippen molar-refractivity contribution < 1.29 is 4.79 Å². The lowest BCUT2D eigenvalue weighted by atomic mass is 10.1. The van der Waals surface area contributed by atoms with Crippen LogP contribution in [0.1, 0.15) is 47.8 Å². The van der Waals surface area contributed by atoms with Crippen LogP contribution in [0.3, 0.4) is 0 Å². The molecule has 1 amide bonds. The van der Waals surface area contributed by atoms with Crippen molar-refractivity contribution in [2.45, 2.75) is 39.7 Å². The van der Waals surface area contributed by atoms with E-state index in [2.05, 4.69) is 53.7 Å². The Kier molecular flexibility index (Phi) is 6.60. The van der Waals surface area contributed by atoms with Gasteiger partial charge in [0.15, 0.2) is 0 Å². The first-order valence-electron chi connectivity index (χ1n) is 8.22. The second-order valence-corrected chi connectivity index (χ2v) is 5.73. The lowest BCUT2D eigenvalue weighted by Crippen LogP contribution is -2.25. The van der Waals surface area contributed by atoms with Crippen molar-refractivity contribution in [3.63, 3.8) is 0 Å². The standard InChI is InChI=1S/C19H25N3O/c1-3-4-5-12-20-19(23)18-11-10-17(14-22-18)21-13-16-8-6-15(2)7-9-16/h6-11,14,21H,3-5,12-13H2,1-2H3,(H,20,23). The van der Waals surface area contributed by atoms with Crippen molar-refractivity contribution in [2.24, 2.45) is 0 Å². The summed E-state index contributed by atoms with van der Waals surface area (Å²) in [5.41, 5.74) is 3.84. The van der Waals surface area contributed by atoms with E-state index in [9.17, 15) is 4.79 Å². The van der Waals surface area contributed by atoms with E-state index < -0.39 is 0 Å². The van der Waals surface area contributed by atoms with E-state index >= 15 is 0 Å². The monoisotopic (exact) mass is 311 g/mol. The minimum absolute atomic E-state index is 0.105. The van der Waals surface area contributed by atoms with E-state index in [0.29, 0.717) is 12.2 Å². The minimum Gasteiger partial charge on any atom is -0.380 e. The molecule has 2 rings (SSSR count). The van der Waals surface area contributed by atoms with Crippen molar-refractivity contribution in [2.75, 3.05) is 11.9 Å². The molecule has 4 heteroatoms. The number of aryl methyl sites for hydroxylation is 1. The number of carbonyl (C=O) groups excluding carboxylic acids is 1. The Balaban J connectivity index is 1.81. The van der Waals surface area contributed by atoms with Crippen LogP contribution in [0.5, 0.6) is 0 Å². The maximum absolute atomic E-state index is 11.9. The Morgan fingerprint density at radius 3 is 2.52 bits per heavy atom. The molecule has 0 saturated heterocycles. The molecule has 0 atom stereocenters. The molecule has 23 heavy (non-hydrogen) atoms. The quantitative estimate of drug-likeness (QED) is 0.726. The number of hydrogen-bond donors (Lipinski definition) is 2. The van der Waals surface area contributed by atoms with Crippen molar-refractivity contribution >= 4 is 11.6 Å². The molecular formula is C19H25N3O. The van der Waals surface area contributed by atoms with Gasteiger partial charge < -0.3 is 10.6 Å². The number of aromatic nitrogens is 1. The molecule has 0 aliphatic heterocycles. The predicted molar refractivity (Wildman–Crippen MR) is 94.6 cm³/mol. The van der Waals surface area contributed by atoms with Crippen LogP contribution < -0.4 is 10.6 Å². The molecule has 0 unspecified atom stereocenters. The number of nitrogens with zero attached hydrogens (tertiary/aromatic N) is 1. The van der Waals surface area contributed by atoms with Crippen molar-refractivity contribution in [1.29, 1.82) is 0 Å². The highest BCUT2D eigenvalue weighted by Crippen LogP contribution is 2.10. The lowest BCUT2D eigenvalue weighted by molar-refractivity contribution is 0.0948. The maximum atomic E-state index is 11.9. The fourth-order valence-corrected chi connectivity index (χ4v) is 2.21. The number of pyridine rings is 1. The van der Waals surface area contributed by atoms with Crippen molar-refractivity contribution in [3.05, 3.63) is 59.4 Å². The molecule has 122 valence electrons. The summed E-state index contributed by atoms with van der Waals surface area (Å²) in [6.07, 6.45) is 5.00. The van der Waals surface area contributed by atoms with Crippen LogP contribution in [-0.4, -0.2) is 17.4 Å². The molecule has 0 spiro atoms. The zero-order chi connectivity index (χ0) is 16.5. The number of amides is 1. The molecule has 4 nitrogen and oxygen atoms in total. The fourth-order valence-electron chi connectivity index (χ4n) is 2.21. The molecule has 0 bridgehead atoms. The van der Waals surface area contributed by atoms with Gasteiger partial charge in [-0.05, 0) is 31.0 Å². The summed E-state index contributed by atoms with van der Waals surface area (Å²) < 4.78 is 0. The third kappa shape index (κ3) is 5.74. The van der Waals surface area contributed by atoms with E-state index in [1.54, 1.807) is 12.3 Å². The van der Waals surface area contributed by atoms with Gasteiger partial charge in [-0.15, -0.1) is 0 Å². The van der Waals surface area contributed by atoms with E-state index in [4.69, 9.17) is 0 Å². The minimum atomic E-state index is -0.105. The third-order valence-corrected chi connectivity index (χ3v) is 3.68. The van der Waals surface area contributed by atoms with Crippen molar-refractivity contribution in [1.82, 2.24) is 10.3 Å². The first-order valence-corrected chi connectivity index (χ1v) is 8.22. The van der Waals surface area contributed by atoms with E-state index in [1.807, 2.05) is 6.07 Å². The zero-order valence-corrected chi connectivity index (χ0v) is 13.9. The highest BCUT2D eigenvalue weighted by atomic mass is 16.1. The lowest BCUT2D eigenvalue weighted by Gasteiger charge is -2.08. The molecule has 0 aliphatic rings. The fraction of sp³-hybridized carbons (Fsp3) is 0.368. The van der Waals surface area contributed by atoms with E-state index in [0.717, 1.165) is 31.5 Å². The first kappa shape index (κ1) is 17.0. The topological polar surface area (TPSA) is 54.0 Å². The van der Waals surface area contributed by atoms with Gasteiger partial charge in [-0.3, -0.25) is 4.79 Å². The average molecular weight is 311 g/mol. The summed E-state index contributed by atoms with van der Waals surface area (Å²) in [6, 6.07) is 12.1. The van der Waals surface area contributed by atoms with Crippen LogP contribution in [0.4, 0.5) is 5.69 Å². The van der Waals surface area contributed by atoms with Gasteiger partial charge in [0.25, 0.3) is 5.91 Å². The van der Waals surface area contributed by atoms with Crippen molar-refractivity contribution in [3.8, 4) is 0 Å². The highest BCUT2D eigenvalue weighted by Gasteiger charge is 2.06. The number of anilines is 1. The Morgan fingerprint density at radius 2 is 1.87 bits per heavy atom. The Morgan fingerprint density at radius 1 is 1.09 bits per heavy atom. The molecule has 0 fully saturated rings. The van der Waals surface area contributed by atoms with Gasteiger partial charge >= 0.3 is 0 Å². The summed E-state index contributed by atoms with van der Waals surface area (Å²) >= 11 is 0. The van der Waals surface area contributed by atoms with E-state index in [-0.39, 0.29) is 5.91 Å². The second kappa shape index (κ2) is 8.93. The van der Waals surface area contributed by atoms with E-state index in [1.165, 1.54) is 11.1 Å². The van der Waals surface area contributed by atoms with Crippen LogP contribution in [0.25, 0.3) is 0 Å². The Hall–Kier alpha value is -2.36. The molecule has 0 radical (unpaired) electrons. The number of nitrogens with one attached hydrogen (secondary N) is 2. The van der Waals surface area contributed by atoms with Crippen LogP contribution in [-0.2, 0) is 6.54 Å². The number of carbonyl (C=O) groups is 1. The van der Waals surface area contributed by atoms with Crippen LogP contribution in [0, 0.1) is 6.92 Å². The SMILES string of the molecule is CCCCCNC(=O)c1ccc(NCc2ccc(C)cc2)cn1. The normalized spacial score (nSPS) is 10.3. The first-order chi connectivity index (χ1) is 11.2.